The SMILES string of the molecule is C[C@@]12CCCC13CCC32. The Kier molecular flexibility index (Phi) is 0.518. The van der Waals surface area contributed by atoms with E-state index in [0.29, 0.717) is 0 Å². The van der Waals surface area contributed by atoms with Crippen LogP contribution in [-0.2, 0) is 0 Å². The van der Waals surface area contributed by atoms with Crippen LogP contribution in [0.1, 0.15) is 39.0 Å². The minimum absolute atomic E-state index is 0.868. The van der Waals surface area contributed by atoms with Crippen molar-refractivity contribution in [1.82, 2.24) is 0 Å². The zero-order valence-electron chi connectivity index (χ0n) is 6.11. The maximum Gasteiger partial charge on any atom is -0.0207 e. The van der Waals surface area contributed by atoms with Crippen molar-refractivity contribution in [1.29, 1.82) is 0 Å². The van der Waals surface area contributed by atoms with Crippen molar-refractivity contribution in [2.45, 2.75) is 39.0 Å². The molecular formula is C9H14. The summed E-state index contributed by atoms with van der Waals surface area (Å²) in [6.45, 7) is 2.53. The number of fused-ring (bicyclic) bond motifs is 1. The molecule has 3 fully saturated rings. The first-order valence-corrected chi connectivity index (χ1v) is 4.30. The fraction of sp³-hybridized carbons (Fsp3) is 1.00. The summed E-state index contributed by atoms with van der Waals surface area (Å²) in [6.07, 6.45) is 7.81. The fourth-order valence-corrected chi connectivity index (χ4v) is 3.97. The van der Waals surface area contributed by atoms with Crippen LogP contribution in [0.15, 0.2) is 0 Å². The summed E-state index contributed by atoms with van der Waals surface area (Å²) < 4.78 is 0. The maximum absolute atomic E-state index is 2.53. The standard InChI is InChI=1S/C9H14/c1-8-4-2-5-9(8)6-3-7(8)9/h7H,2-6H2,1H3/t7?,8-,9?/m0/s1. The predicted octanol–water partition coefficient (Wildman–Crippen LogP) is 2.59. The molecule has 0 radical (unpaired) electrons. The first-order chi connectivity index (χ1) is 4.30. The van der Waals surface area contributed by atoms with Gasteiger partial charge in [-0.1, -0.05) is 13.3 Å². The molecule has 1 spiro atoms. The van der Waals surface area contributed by atoms with E-state index in [1.165, 1.54) is 12.3 Å². The molecular weight excluding hydrogens is 108 g/mol. The quantitative estimate of drug-likeness (QED) is 0.463. The minimum Gasteiger partial charge on any atom is -0.0588 e. The third-order valence-corrected chi connectivity index (χ3v) is 4.69. The molecule has 0 aromatic rings. The van der Waals surface area contributed by atoms with E-state index in [1.807, 2.05) is 0 Å². The smallest absolute Gasteiger partial charge is 0.0207 e. The summed E-state index contributed by atoms with van der Waals surface area (Å²) in [5.74, 6) is 1.19. The van der Waals surface area contributed by atoms with Crippen LogP contribution in [0.25, 0.3) is 0 Å². The molecule has 2 unspecified atom stereocenters. The van der Waals surface area contributed by atoms with Gasteiger partial charge in [-0.15, -0.1) is 0 Å². The summed E-state index contributed by atoms with van der Waals surface area (Å²) in [6, 6.07) is 0. The van der Waals surface area contributed by atoms with Gasteiger partial charge in [0.05, 0.1) is 0 Å². The summed E-state index contributed by atoms with van der Waals surface area (Å²) in [4.78, 5) is 0. The van der Waals surface area contributed by atoms with Crippen molar-refractivity contribution in [3.63, 3.8) is 0 Å². The van der Waals surface area contributed by atoms with Gasteiger partial charge in [-0.2, -0.15) is 0 Å². The second-order valence-corrected chi connectivity index (χ2v) is 4.52. The second-order valence-electron chi connectivity index (χ2n) is 4.52. The molecule has 0 saturated heterocycles. The van der Waals surface area contributed by atoms with Gasteiger partial charge < -0.3 is 0 Å². The first-order valence-electron chi connectivity index (χ1n) is 4.30. The molecule has 0 heteroatoms. The highest BCUT2D eigenvalue weighted by Gasteiger charge is 2.79. The van der Waals surface area contributed by atoms with E-state index in [9.17, 15) is 0 Å². The van der Waals surface area contributed by atoms with Crippen molar-refractivity contribution < 1.29 is 0 Å². The van der Waals surface area contributed by atoms with Crippen LogP contribution in [0.4, 0.5) is 0 Å². The lowest BCUT2D eigenvalue weighted by Crippen LogP contribution is -2.12. The molecule has 3 aliphatic rings. The van der Waals surface area contributed by atoms with Gasteiger partial charge in [0.25, 0.3) is 0 Å². The number of hydrogen-bond donors (Lipinski definition) is 0. The molecule has 0 heterocycles. The molecule has 0 N–H and O–H groups in total. The molecule has 3 atom stereocenters. The van der Waals surface area contributed by atoms with Crippen molar-refractivity contribution in [2.75, 3.05) is 0 Å². The van der Waals surface area contributed by atoms with E-state index in [2.05, 4.69) is 6.92 Å². The van der Waals surface area contributed by atoms with Gasteiger partial charge in [0.15, 0.2) is 0 Å². The lowest BCUT2D eigenvalue weighted by Gasteiger charge is -2.23. The Morgan fingerprint density at radius 3 is 2.44 bits per heavy atom. The predicted molar refractivity (Wildman–Crippen MR) is 37.1 cm³/mol. The van der Waals surface area contributed by atoms with E-state index in [1.54, 1.807) is 25.7 Å². The lowest BCUT2D eigenvalue weighted by molar-refractivity contribution is 0.278. The molecule has 0 aliphatic heterocycles. The summed E-state index contributed by atoms with van der Waals surface area (Å²) >= 11 is 0. The molecule has 0 aromatic heterocycles. The van der Waals surface area contributed by atoms with Crippen LogP contribution in [0, 0.1) is 16.7 Å². The average molecular weight is 122 g/mol. The van der Waals surface area contributed by atoms with Crippen molar-refractivity contribution in [2.24, 2.45) is 16.7 Å². The molecule has 9 heavy (non-hydrogen) atoms. The Hall–Kier alpha value is 0. The van der Waals surface area contributed by atoms with E-state index >= 15 is 0 Å². The Balaban J connectivity index is 2.06. The Morgan fingerprint density at radius 2 is 2.11 bits per heavy atom. The molecule has 0 aromatic carbocycles. The molecule has 3 saturated carbocycles. The van der Waals surface area contributed by atoms with Crippen LogP contribution in [0.5, 0.6) is 0 Å². The van der Waals surface area contributed by atoms with Crippen LogP contribution in [0.3, 0.4) is 0 Å². The minimum atomic E-state index is 0.868. The van der Waals surface area contributed by atoms with E-state index < -0.39 is 0 Å². The van der Waals surface area contributed by atoms with Crippen LogP contribution < -0.4 is 0 Å². The van der Waals surface area contributed by atoms with Crippen molar-refractivity contribution in [3.05, 3.63) is 0 Å². The molecule has 0 amide bonds. The van der Waals surface area contributed by atoms with Gasteiger partial charge in [0, 0.05) is 0 Å². The Bertz CT molecular complexity index is 163. The molecule has 0 bridgehead atoms. The Morgan fingerprint density at radius 1 is 1.22 bits per heavy atom. The monoisotopic (exact) mass is 122 g/mol. The van der Waals surface area contributed by atoms with E-state index in [0.717, 1.165) is 10.8 Å². The van der Waals surface area contributed by atoms with Crippen LogP contribution in [0.2, 0.25) is 0 Å². The average Bonchev–Trinajstić information content (AvgIpc) is 2.13. The molecule has 3 aliphatic carbocycles. The largest absolute Gasteiger partial charge is 0.0588 e. The normalized spacial score (nSPS) is 68.3. The Labute approximate surface area is 56.6 Å². The third-order valence-electron chi connectivity index (χ3n) is 4.69. The van der Waals surface area contributed by atoms with Crippen molar-refractivity contribution >= 4 is 0 Å². The van der Waals surface area contributed by atoms with E-state index in [4.69, 9.17) is 0 Å². The lowest BCUT2D eigenvalue weighted by atomic mass is 9.82. The first kappa shape index (κ1) is 4.76. The molecule has 50 valence electrons. The second kappa shape index (κ2) is 0.980. The summed E-state index contributed by atoms with van der Waals surface area (Å²) in [5, 5.41) is 0. The summed E-state index contributed by atoms with van der Waals surface area (Å²) in [7, 11) is 0. The third kappa shape index (κ3) is 0.264. The van der Waals surface area contributed by atoms with Crippen LogP contribution >= 0.6 is 0 Å². The van der Waals surface area contributed by atoms with Gasteiger partial charge in [-0.25, -0.2) is 0 Å². The van der Waals surface area contributed by atoms with Gasteiger partial charge in [0.2, 0.25) is 0 Å². The highest BCUT2D eigenvalue weighted by atomic mass is 14.8. The maximum atomic E-state index is 2.53. The van der Waals surface area contributed by atoms with Crippen molar-refractivity contribution in [3.8, 4) is 0 Å². The van der Waals surface area contributed by atoms with Gasteiger partial charge in [0.1, 0.15) is 0 Å². The highest BCUT2D eigenvalue weighted by Crippen LogP contribution is 2.86. The number of rotatable bonds is 0. The topological polar surface area (TPSA) is 0 Å². The zero-order chi connectivity index (χ0) is 6.11. The highest BCUT2D eigenvalue weighted by molar-refractivity contribution is 5.27. The molecule has 3 rings (SSSR count). The zero-order valence-corrected chi connectivity index (χ0v) is 6.11. The number of hydrogen-bond acceptors (Lipinski definition) is 0. The molecule has 0 nitrogen and oxygen atoms in total. The summed E-state index contributed by atoms with van der Waals surface area (Å²) in [5.41, 5.74) is 1.81. The van der Waals surface area contributed by atoms with Gasteiger partial charge in [-0.3, -0.25) is 0 Å². The fourth-order valence-electron chi connectivity index (χ4n) is 3.97. The van der Waals surface area contributed by atoms with Crippen LogP contribution in [-0.4, -0.2) is 0 Å². The van der Waals surface area contributed by atoms with Gasteiger partial charge >= 0.3 is 0 Å². The van der Waals surface area contributed by atoms with Gasteiger partial charge in [-0.05, 0) is 42.4 Å². The van der Waals surface area contributed by atoms with E-state index in [-0.39, 0.29) is 0 Å².